The van der Waals surface area contributed by atoms with Gasteiger partial charge < -0.3 is 19.7 Å². The van der Waals surface area contributed by atoms with E-state index in [4.69, 9.17) is 26.2 Å². The number of fused-ring (bicyclic) bond motifs is 1. The first-order chi connectivity index (χ1) is 15.4. The second kappa shape index (κ2) is 8.70. The molecule has 33 heavy (non-hydrogen) atoms. The van der Waals surface area contributed by atoms with Crippen LogP contribution in [0.3, 0.4) is 0 Å². The molecule has 0 bridgehead atoms. The Balaban J connectivity index is 1.60. The van der Waals surface area contributed by atoms with Gasteiger partial charge in [-0.05, 0) is 62.3 Å². The van der Waals surface area contributed by atoms with Crippen molar-refractivity contribution in [3.63, 3.8) is 0 Å². The summed E-state index contributed by atoms with van der Waals surface area (Å²) >= 11 is 6.40. The summed E-state index contributed by atoms with van der Waals surface area (Å²) in [7, 11) is -1.85. The molecule has 182 valence electrons. The van der Waals surface area contributed by atoms with Crippen LogP contribution >= 0.6 is 11.6 Å². The molecule has 0 radical (unpaired) electrons. The summed E-state index contributed by atoms with van der Waals surface area (Å²) in [6, 6.07) is 0.274. The first-order valence-electron chi connectivity index (χ1n) is 11.7. The molecule has 2 fully saturated rings. The summed E-state index contributed by atoms with van der Waals surface area (Å²) in [5, 5.41) is 17.6. The summed E-state index contributed by atoms with van der Waals surface area (Å²) in [5.74, 6) is 0.828. The molecule has 0 spiro atoms. The van der Waals surface area contributed by atoms with Gasteiger partial charge in [-0.3, -0.25) is 0 Å². The fraction of sp³-hybridized carbons (Fsp3) is 0.727. The smallest absolute Gasteiger partial charge is 0.404 e. The lowest BCUT2D eigenvalue weighted by Crippen LogP contribution is -2.45. The fourth-order valence-corrected chi connectivity index (χ4v) is 5.71. The Morgan fingerprint density at radius 1 is 1.30 bits per heavy atom. The van der Waals surface area contributed by atoms with E-state index in [9.17, 15) is 4.79 Å². The molecule has 1 saturated carbocycles. The molecule has 0 aromatic carbocycles. The molecular formula is C22H35ClN6O3Si. The van der Waals surface area contributed by atoms with Gasteiger partial charge in [0.1, 0.15) is 5.82 Å². The van der Waals surface area contributed by atoms with Crippen LogP contribution in [-0.4, -0.2) is 64.5 Å². The summed E-state index contributed by atoms with van der Waals surface area (Å²) in [5.41, 5.74) is 1.58. The number of carbonyl (C=O) groups is 1. The maximum Gasteiger partial charge on any atom is 0.404 e. The predicted molar refractivity (Wildman–Crippen MR) is 132 cm³/mol. The highest BCUT2D eigenvalue weighted by molar-refractivity contribution is 6.74. The van der Waals surface area contributed by atoms with E-state index < -0.39 is 14.4 Å². The molecule has 2 aromatic heterocycles. The number of nitrogens with zero attached hydrogens (tertiary/aromatic N) is 5. The average Bonchev–Trinajstić information content (AvgIpc) is 3.26. The Labute approximate surface area is 201 Å². The molecule has 1 atom stereocenters. The van der Waals surface area contributed by atoms with Gasteiger partial charge in [0.25, 0.3) is 0 Å². The van der Waals surface area contributed by atoms with E-state index in [2.05, 4.69) is 54.0 Å². The van der Waals surface area contributed by atoms with Gasteiger partial charge in [0, 0.05) is 12.6 Å². The van der Waals surface area contributed by atoms with Crippen LogP contribution in [0.15, 0.2) is 0 Å². The van der Waals surface area contributed by atoms with Crippen molar-refractivity contribution in [1.29, 1.82) is 0 Å². The molecular weight excluding hydrogens is 460 g/mol. The minimum atomic E-state index is -1.85. The van der Waals surface area contributed by atoms with Crippen molar-refractivity contribution < 1.29 is 14.3 Å². The van der Waals surface area contributed by atoms with Gasteiger partial charge in [0.15, 0.2) is 14.0 Å². The standard InChI is InChI=1S/C22H35ClN6O3Si/c1-13-17-18(28-9-7-8-15(28)12-32-33(5,6)22(2,3)4)25-20(23)26-19(17)29(27-13)16-10-14(11-16)24-21(30)31/h14-16,24H,7-12H2,1-6H3,(H,30,31). The molecule has 1 unspecified atom stereocenters. The number of hydrogen-bond donors (Lipinski definition) is 2. The van der Waals surface area contributed by atoms with E-state index in [0.29, 0.717) is 19.4 Å². The molecule has 9 nitrogen and oxygen atoms in total. The van der Waals surface area contributed by atoms with Crippen LogP contribution in [0.25, 0.3) is 11.0 Å². The van der Waals surface area contributed by atoms with Crippen molar-refractivity contribution in [1.82, 2.24) is 25.1 Å². The van der Waals surface area contributed by atoms with Gasteiger partial charge in [-0.2, -0.15) is 15.1 Å². The number of aryl methyl sites for hydroxylation is 1. The molecule has 4 rings (SSSR count). The Morgan fingerprint density at radius 2 is 2.00 bits per heavy atom. The van der Waals surface area contributed by atoms with Gasteiger partial charge in [-0.25, -0.2) is 9.48 Å². The topological polar surface area (TPSA) is 105 Å². The summed E-state index contributed by atoms with van der Waals surface area (Å²) in [6.07, 6.45) is 2.51. The highest BCUT2D eigenvalue weighted by Crippen LogP contribution is 2.40. The normalized spacial score (nSPS) is 23.7. The first-order valence-corrected chi connectivity index (χ1v) is 15.0. The number of amides is 1. The number of carboxylic acid groups (broad SMARTS) is 1. The summed E-state index contributed by atoms with van der Waals surface area (Å²) in [4.78, 5) is 22.4. The van der Waals surface area contributed by atoms with Crippen LogP contribution < -0.4 is 10.2 Å². The lowest BCUT2D eigenvalue weighted by Gasteiger charge is -2.38. The number of halogens is 1. The third-order valence-electron chi connectivity index (χ3n) is 7.56. The molecule has 3 heterocycles. The number of nitrogens with one attached hydrogen (secondary N) is 1. The molecule has 1 amide bonds. The minimum absolute atomic E-state index is 0.0562. The monoisotopic (exact) mass is 494 g/mol. The highest BCUT2D eigenvalue weighted by atomic mass is 35.5. The van der Waals surface area contributed by atoms with E-state index in [1.165, 1.54) is 0 Å². The van der Waals surface area contributed by atoms with Gasteiger partial charge in [-0.1, -0.05) is 20.8 Å². The second-order valence-corrected chi connectivity index (χ2v) is 16.0. The summed E-state index contributed by atoms with van der Waals surface area (Å²) in [6.45, 7) is 14.9. The van der Waals surface area contributed by atoms with Gasteiger partial charge >= 0.3 is 6.09 Å². The number of aromatic nitrogens is 4. The van der Waals surface area contributed by atoms with Crippen molar-refractivity contribution >= 4 is 42.9 Å². The number of anilines is 1. The van der Waals surface area contributed by atoms with Crippen LogP contribution in [0.1, 0.15) is 58.2 Å². The van der Waals surface area contributed by atoms with Crippen LogP contribution in [-0.2, 0) is 4.43 Å². The van der Waals surface area contributed by atoms with Crippen molar-refractivity contribution in [2.75, 3.05) is 18.1 Å². The number of rotatable bonds is 6. The maximum absolute atomic E-state index is 10.9. The van der Waals surface area contributed by atoms with Crippen LogP contribution in [0, 0.1) is 6.92 Å². The van der Waals surface area contributed by atoms with Gasteiger partial charge in [0.2, 0.25) is 5.28 Å². The molecule has 11 heteroatoms. The summed E-state index contributed by atoms with van der Waals surface area (Å²) < 4.78 is 8.46. The Morgan fingerprint density at radius 3 is 2.64 bits per heavy atom. The third kappa shape index (κ3) is 4.70. The minimum Gasteiger partial charge on any atom is -0.465 e. The lowest BCUT2D eigenvalue weighted by atomic mass is 9.87. The second-order valence-electron chi connectivity index (χ2n) is 10.9. The van der Waals surface area contributed by atoms with E-state index >= 15 is 0 Å². The van der Waals surface area contributed by atoms with Crippen LogP contribution in [0.2, 0.25) is 23.4 Å². The first kappa shape index (κ1) is 24.2. The zero-order valence-corrected chi connectivity index (χ0v) is 22.1. The molecule has 1 aliphatic heterocycles. The van der Waals surface area contributed by atoms with Crippen molar-refractivity contribution in [3.05, 3.63) is 11.0 Å². The zero-order valence-electron chi connectivity index (χ0n) is 20.4. The van der Waals surface area contributed by atoms with Crippen LogP contribution in [0.5, 0.6) is 0 Å². The van der Waals surface area contributed by atoms with E-state index in [1.54, 1.807) is 0 Å². The molecule has 1 saturated heterocycles. The highest BCUT2D eigenvalue weighted by Gasteiger charge is 2.40. The number of hydrogen-bond acceptors (Lipinski definition) is 6. The van der Waals surface area contributed by atoms with E-state index in [0.717, 1.165) is 41.9 Å². The molecule has 2 aromatic rings. The molecule has 2 N–H and O–H groups in total. The fourth-order valence-electron chi connectivity index (χ4n) is 4.51. The average molecular weight is 495 g/mol. The predicted octanol–water partition coefficient (Wildman–Crippen LogP) is 4.75. The Hall–Kier alpha value is -1.91. The van der Waals surface area contributed by atoms with E-state index in [1.807, 2.05) is 11.6 Å². The van der Waals surface area contributed by atoms with Crippen molar-refractivity contribution in [2.24, 2.45) is 0 Å². The van der Waals surface area contributed by atoms with E-state index in [-0.39, 0.29) is 28.4 Å². The van der Waals surface area contributed by atoms with Crippen molar-refractivity contribution in [3.8, 4) is 0 Å². The molecule has 1 aliphatic carbocycles. The van der Waals surface area contributed by atoms with Gasteiger partial charge in [-0.15, -0.1) is 0 Å². The third-order valence-corrected chi connectivity index (χ3v) is 12.2. The maximum atomic E-state index is 10.9. The van der Waals surface area contributed by atoms with Crippen molar-refractivity contribution in [2.45, 2.75) is 89.6 Å². The largest absolute Gasteiger partial charge is 0.465 e. The lowest BCUT2D eigenvalue weighted by molar-refractivity contribution is 0.165. The molecule has 2 aliphatic rings. The quantitative estimate of drug-likeness (QED) is 0.441. The Bertz CT molecular complexity index is 1050. The SMILES string of the molecule is Cc1nn(C2CC(NC(=O)O)C2)c2nc(Cl)nc(N3CCCC3CO[Si](C)(C)C(C)(C)C)c12. The Kier molecular flexibility index (Phi) is 6.39. The zero-order chi connectivity index (χ0) is 24.1. The van der Waals surface area contributed by atoms with Crippen LogP contribution in [0.4, 0.5) is 10.6 Å². The van der Waals surface area contributed by atoms with Gasteiger partial charge in [0.05, 0.1) is 29.8 Å².